The van der Waals surface area contributed by atoms with E-state index in [9.17, 15) is 28.9 Å². The number of aromatic nitrogens is 2. The predicted molar refractivity (Wildman–Crippen MR) is 145 cm³/mol. The van der Waals surface area contributed by atoms with Crippen molar-refractivity contribution in [3.63, 3.8) is 0 Å². The van der Waals surface area contributed by atoms with Crippen molar-refractivity contribution in [2.24, 2.45) is 5.92 Å². The summed E-state index contributed by atoms with van der Waals surface area (Å²) in [5.74, 6) is 0.214. The second-order valence-electron chi connectivity index (χ2n) is 10.1. The molecule has 4 heterocycles. The summed E-state index contributed by atoms with van der Waals surface area (Å²) < 4.78 is 34.1. The van der Waals surface area contributed by atoms with E-state index in [4.69, 9.17) is 4.74 Å². The number of thioether (sulfide) groups is 2. The third-order valence-corrected chi connectivity index (χ3v) is 10.4. The molecule has 4 rings (SSSR count). The maximum Gasteiger partial charge on any atom is 0.274 e. The molecule has 9 nitrogen and oxygen atoms in total. The number of carbonyl (C=O) groups is 1. The quantitative estimate of drug-likeness (QED) is 0.308. The highest BCUT2D eigenvalue weighted by Crippen LogP contribution is 2.36. The van der Waals surface area contributed by atoms with E-state index in [0.29, 0.717) is 15.9 Å². The van der Waals surface area contributed by atoms with Crippen LogP contribution in [0.15, 0.2) is 17.6 Å². The molecule has 2 aliphatic heterocycles. The number of carbonyl (C=O) groups excluding carboxylic acids is 1. The normalized spacial score (nSPS) is 32.2. The number of likely N-dealkylation sites (N-methyl/N-ethyl adjacent to an activating group) is 1. The minimum Gasteiger partial charge on any atom is -0.388 e. The van der Waals surface area contributed by atoms with Gasteiger partial charge < -0.3 is 25.4 Å². The predicted octanol–water partition coefficient (Wildman–Crippen LogP) is 2.59. The number of hydrogen-bond donors (Lipinski definition) is 4. The second kappa shape index (κ2) is 12.7. The minimum atomic E-state index is -2.59. The number of fused-ring (bicyclic) bond motifs is 1. The molecule has 1 amide bonds. The molecule has 2 fully saturated rings. The van der Waals surface area contributed by atoms with Gasteiger partial charge in [-0.2, -0.15) is 0 Å². The molecule has 0 bridgehead atoms. The smallest absolute Gasteiger partial charge is 0.274 e. The van der Waals surface area contributed by atoms with Crippen LogP contribution in [0.2, 0.25) is 0 Å². The van der Waals surface area contributed by atoms with Gasteiger partial charge in [-0.3, -0.25) is 14.1 Å². The number of amides is 1. The Morgan fingerprint density at radius 1 is 1.32 bits per heavy atom. The number of alkyl halides is 2. The Kier molecular flexibility index (Phi) is 9.99. The van der Waals surface area contributed by atoms with Crippen molar-refractivity contribution in [2.75, 3.05) is 19.8 Å². The minimum absolute atomic E-state index is 0.0707. The molecule has 4 N–H and O–H groups in total. The number of ether oxygens (including phenoxy) is 1. The van der Waals surface area contributed by atoms with Crippen molar-refractivity contribution < 1.29 is 33.6 Å². The molecular weight excluding hydrogens is 558 g/mol. The first kappa shape index (κ1) is 30.0. The summed E-state index contributed by atoms with van der Waals surface area (Å²) >= 11 is 3.41. The molecule has 0 aromatic carbocycles. The Labute approximate surface area is 233 Å². The monoisotopic (exact) mass is 594 g/mol. The molecular formula is C24H36F2N4O5S3. The van der Waals surface area contributed by atoms with E-state index in [1.165, 1.54) is 35.9 Å². The van der Waals surface area contributed by atoms with Crippen molar-refractivity contribution in [3.05, 3.63) is 17.3 Å². The summed E-state index contributed by atoms with van der Waals surface area (Å²) in [6.45, 7) is 4.77. The number of halogens is 2. The summed E-state index contributed by atoms with van der Waals surface area (Å²) in [5.41, 5.74) is -0.804. The second-order valence-corrected chi connectivity index (χ2v) is 13.4. The van der Waals surface area contributed by atoms with E-state index >= 15 is 0 Å². The van der Waals surface area contributed by atoms with Crippen LogP contribution in [0, 0.1) is 5.92 Å². The van der Waals surface area contributed by atoms with Gasteiger partial charge in [0.05, 0.1) is 23.2 Å². The van der Waals surface area contributed by atoms with Gasteiger partial charge in [-0.1, -0.05) is 32.0 Å². The zero-order valence-electron chi connectivity index (χ0n) is 21.7. The fraction of sp³-hybridized carbons (Fsp3) is 0.750. The summed E-state index contributed by atoms with van der Waals surface area (Å²) in [7, 11) is 1.92. The first-order chi connectivity index (χ1) is 18.0. The third kappa shape index (κ3) is 6.17. The number of aliphatic hydroxyl groups is 3. The fourth-order valence-electron chi connectivity index (χ4n) is 5.35. The average molecular weight is 595 g/mol. The summed E-state index contributed by atoms with van der Waals surface area (Å²) in [6.07, 6.45) is -0.432. The molecule has 9 atom stereocenters. The van der Waals surface area contributed by atoms with Gasteiger partial charge in [-0.15, -0.1) is 23.1 Å². The number of imidazole rings is 1. The number of thiazole rings is 1. The van der Waals surface area contributed by atoms with Gasteiger partial charge in [0, 0.05) is 18.0 Å². The molecule has 0 spiro atoms. The van der Waals surface area contributed by atoms with Crippen LogP contribution >= 0.6 is 34.9 Å². The van der Waals surface area contributed by atoms with Crippen LogP contribution in [0.3, 0.4) is 0 Å². The highest BCUT2D eigenvalue weighted by atomic mass is 32.2. The number of nitrogens with one attached hydrogen (secondary N) is 1. The van der Waals surface area contributed by atoms with Crippen molar-refractivity contribution in [3.8, 4) is 0 Å². The highest BCUT2D eigenvalue weighted by molar-refractivity contribution is 7.99. The lowest BCUT2D eigenvalue weighted by Gasteiger charge is -2.44. The van der Waals surface area contributed by atoms with E-state index in [0.717, 1.165) is 37.1 Å². The van der Waals surface area contributed by atoms with Crippen LogP contribution < -0.4 is 5.32 Å². The molecule has 38 heavy (non-hydrogen) atoms. The molecule has 2 aromatic heterocycles. The van der Waals surface area contributed by atoms with Crippen LogP contribution in [0.5, 0.6) is 0 Å². The highest BCUT2D eigenvalue weighted by Gasteiger charge is 2.49. The molecule has 5 unspecified atom stereocenters. The van der Waals surface area contributed by atoms with Crippen LogP contribution in [0.4, 0.5) is 8.78 Å². The molecule has 214 valence electrons. The first-order valence-corrected chi connectivity index (χ1v) is 15.7. The van der Waals surface area contributed by atoms with Gasteiger partial charge in [-0.25, -0.2) is 13.8 Å². The van der Waals surface area contributed by atoms with Crippen molar-refractivity contribution in [1.82, 2.24) is 19.6 Å². The molecule has 2 saturated heterocycles. The zero-order valence-corrected chi connectivity index (χ0v) is 24.2. The Morgan fingerprint density at radius 2 is 2.05 bits per heavy atom. The Bertz CT molecular complexity index is 1090. The Morgan fingerprint density at radius 3 is 2.71 bits per heavy atom. The van der Waals surface area contributed by atoms with E-state index < -0.39 is 47.6 Å². The number of likely N-dealkylation sites (tertiary alicyclic amines) is 1. The van der Waals surface area contributed by atoms with E-state index in [1.807, 2.05) is 18.9 Å². The molecule has 2 aliphatic rings. The largest absolute Gasteiger partial charge is 0.388 e. The zero-order chi connectivity index (χ0) is 27.7. The lowest BCUT2D eigenvalue weighted by molar-refractivity contribution is -0.205. The molecule has 0 aliphatic carbocycles. The average Bonchev–Trinajstić information content (AvgIpc) is 3.57. The van der Waals surface area contributed by atoms with Crippen LogP contribution in [0.25, 0.3) is 4.83 Å². The lowest BCUT2D eigenvalue weighted by atomic mass is 9.92. The number of hydrogen-bond acceptors (Lipinski definition) is 10. The van der Waals surface area contributed by atoms with Gasteiger partial charge in [0.15, 0.2) is 5.16 Å². The Balaban J connectivity index is 1.59. The molecule has 0 saturated carbocycles. The van der Waals surface area contributed by atoms with Crippen molar-refractivity contribution >= 4 is 45.6 Å². The van der Waals surface area contributed by atoms with E-state index in [2.05, 4.69) is 17.2 Å². The lowest BCUT2D eigenvalue weighted by Crippen LogP contribution is -2.65. The molecule has 0 radical (unpaired) electrons. The maximum absolute atomic E-state index is 13.5. The molecule has 14 heteroatoms. The topological polar surface area (TPSA) is 120 Å². The fourth-order valence-corrected chi connectivity index (χ4v) is 8.00. The van der Waals surface area contributed by atoms with Gasteiger partial charge in [0.2, 0.25) is 5.91 Å². The first-order valence-electron chi connectivity index (χ1n) is 12.7. The summed E-state index contributed by atoms with van der Waals surface area (Å²) in [5, 5.41) is 35.0. The van der Waals surface area contributed by atoms with E-state index in [1.54, 1.807) is 10.7 Å². The number of nitrogens with zero attached hydrogens (tertiary/aromatic N) is 3. The number of aliphatic hydroxyl groups excluding tert-OH is 3. The van der Waals surface area contributed by atoms with Crippen LogP contribution in [-0.2, 0) is 9.53 Å². The molecule has 2 aromatic rings. The summed E-state index contributed by atoms with van der Waals surface area (Å²) in [4.78, 5) is 20.4. The van der Waals surface area contributed by atoms with Gasteiger partial charge in [-0.05, 0) is 32.1 Å². The van der Waals surface area contributed by atoms with Crippen molar-refractivity contribution in [2.45, 2.75) is 91.9 Å². The standard InChI is InChI=1S/C24H36F2N4O5S3/c1-5-6-12-7-13(29(3)9-12)22(34)28-16(20-18(32)17(31)19(33)23(35-20)36-4)11(2)37-24-27-8-15-30(24)10-14(38-15)21(25)26/h8,10-13,16-21,23,31-33H,5-7,9H2,1-4H3,(H,28,34)/t11-,12-,13-,16+,17?,18?,19?,20?,23?/m1/s1. The van der Waals surface area contributed by atoms with Crippen LogP contribution in [0.1, 0.15) is 44.4 Å². The van der Waals surface area contributed by atoms with Crippen molar-refractivity contribution in [1.29, 1.82) is 0 Å². The van der Waals surface area contributed by atoms with Gasteiger partial charge in [0.25, 0.3) is 6.43 Å². The number of rotatable bonds is 10. The summed E-state index contributed by atoms with van der Waals surface area (Å²) in [6, 6.07) is -1.12. The van der Waals surface area contributed by atoms with Gasteiger partial charge in [0.1, 0.15) is 34.7 Å². The Hall–Kier alpha value is -1.00. The third-order valence-electron chi connectivity index (χ3n) is 7.36. The van der Waals surface area contributed by atoms with E-state index in [-0.39, 0.29) is 16.8 Å². The maximum atomic E-state index is 13.5. The van der Waals surface area contributed by atoms with Gasteiger partial charge >= 0.3 is 0 Å². The SMILES string of the molecule is CCC[C@@H]1C[C@H](C(=O)N[C@H](C2OC(SC)C(O)C(O)C2O)[C@@H](C)Sc2ncc3sc(C(F)F)cn23)N(C)C1. The van der Waals surface area contributed by atoms with Crippen LogP contribution in [-0.4, -0.2) is 103 Å².